The van der Waals surface area contributed by atoms with Crippen molar-refractivity contribution < 1.29 is 13.9 Å². The maximum atomic E-state index is 13.6. The summed E-state index contributed by atoms with van der Waals surface area (Å²) >= 11 is 0. The summed E-state index contributed by atoms with van der Waals surface area (Å²) in [5.74, 6) is 0.887. The van der Waals surface area contributed by atoms with Crippen LogP contribution in [0.2, 0.25) is 0 Å². The molecule has 3 rings (SSSR count). The lowest BCUT2D eigenvalue weighted by atomic mass is 10.1. The second-order valence-corrected chi connectivity index (χ2v) is 6.99. The van der Waals surface area contributed by atoms with Crippen LogP contribution in [0.3, 0.4) is 0 Å². The fourth-order valence-electron chi connectivity index (χ4n) is 3.52. The number of nitrogens with one attached hydrogen (secondary N) is 2. The largest absolute Gasteiger partial charge is 0.450 e. The number of nitrogens with zero attached hydrogens (tertiary/aromatic N) is 1. The van der Waals surface area contributed by atoms with Crippen molar-refractivity contribution in [3.8, 4) is 0 Å². The van der Waals surface area contributed by atoms with E-state index in [-0.39, 0.29) is 11.9 Å². The maximum Gasteiger partial charge on any atom is 0.407 e. The van der Waals surface area contributed by atoms with Gasteiger partial charge in [-0.15, -0.1) is 0 Å². The molecule has 1 heterocycles. The number of amides is 1. The van der Waals surface area contributed by atoms with E-state index in [0.717, 1.165) is 43.4 Å². The molecular weight excluding hydrogens is 333 g/mol. The van der Waals surface area contributed by atoms with E-state index in [2.05, 4.69) is 22.1 Å². The second-order valence-electron chi connectivity index (χ2n) is 6.99. The van der Waals surface area contributed by atoms with Gasteiger partial charge in [-0.25, -0.2) is 9.18 Å². The molecule has 0 saturated heterocycles. The number of aromatic nitrogens is 1. The lowest BCUT2D eigenvalue weighted by Gasteiger charge is -2.20. The molecule has 5 nitrogen and oxygen atoms in total. The Labute approximate surface area is 153 Å². The number of hydrogen-bond donors (Lipinski definition) is 2. The van der Waals surface area contributed by atoms with Crippen molar-refractivity contribution in [3.05, 3.63) is 35.8 Å². The minimum Gasteiger partial charge on any atom is -0.450 e. The lowest BCUT2D eigenvalue weighted by molar-refractivity contribution is 0.144. The van der Waals surface area contributed by atoms with Crippen molar-refractivity contribution in [2.24, 2.45) is 5.92 Å². The highest BCUT2D eigenvalue weighted by Crippen LogP contribution is 2.49. The van der Waals surface area contributed by atoms with Crippen LogP contribution in [0, 0.1) is 11.7 Å². The van der Waals surface area contributed by atoms with E-state index >= 15 is 0 Å². The van der Waals surface area contributed by atoms with Gasteiger partial charge in [0.05, 0.1) is 6.61 Å². The van der Waals surface area contributed by atoms with Crippen LogP contribution in [0.4, 0.5) is 9.18 Å². The fraction of sp³-hybridized carbons (Fsp3) is 0.550. The van der Waals surface area contributed by atoms with Gasteiger partial charge in [0.25, 0.3) is 0 Å². The third kappa shape index (κ3) is 4.55. The molecule has 1 fully saturated rings. The van der Waals surface area contributed by atoms with Crippen LogP contribution in [-0.4, -0.2) is 48.8 Å². The SMILES string of the molecule is CCCOC(=O)NCCN(CC)CC1CC1c1c[nH]c2ccc(F)cc12. The number of carbonyl (C=O) groups is 1. The van der Waals surface area contributed by atoms with Crippen molar-refractivity contribution in [1.82, 2.24) is 15.2 Å². The molecule has 1 aromatic heterocycles. The quantitative estimate of drug-likeness (QED) is 0.713. The number of carbonyl (C=O) groups excluding carboxylic acids is 1. The monoisotopic (exact) mass is 361 g/mol. The molecule has 0 bridgehead atoms. The second kappa shape index (κ2) is 8.54. The standard InChI is InChI=1S/C20H28FN3O2/c1-3-9-26-20(25)22-7-8-24(4-2)13-14-10-16(14)18-12-23-19-6-5-15(21)11-17(18)19/h5-6,11-12,14,16,23H,3-4,7-10,13H2,1-2H3,(H,22,25). The molecule has 2 aromatic rings. The number of likely N-dealkylation sites (N-methyl/N-ethyl adjacent to an activating group) is 1. The zero-order valence-electron chi connectivity index (χ0n) is 15.6. The number of benzene rings is 1. The Morgan fingerprint density at radius 1 is 1.42 bits per heavy atom. The molecule has 2 N–H and O–H groups in total. The summed E-state index contributed by atoms with van der Waals surface area (Å²) in [6, 6.07) is 4.91. The normalized spacial score (nSPS) is 19.1. The molecule has 6 heteroatoms. The van der Waals surface area contributed by atoms with Crippen LogP contribution < -0.4 is 5.32 Å². The van der Waals surface area contributed by atoms with Gasteiger partial charge in [-0.1, -0.05) is 13.8 Å². The number of hydrogen-bond acceptors (Lipinski definition) is 3. The molecule has 26 heavy (non-hydrogen) atoms. The third-order valence-electron chi connectivity index (χ3n) is 5.07. The van der Waals surface area contributed by atoms with Crippen LogP contribution in [-0.2, 0) is 4.74 Å². The number of H-pyrrole nitrogens is 1. The Morgan fingerprint density at radius 3 is 3.04 bits per heavy atom. The van der Waals surface area contributed by atoms with Gasteiger partial charge in [-0.2, -0.15) is 0 Å². The number of alkyl carbamates (subject to hydrolysis) is 1. The van der Waals surface area contributed by atoms with Gasteiger partial charge >= 0.3 is 6.09 Å². The van der Waals surface area contributed by atoms with Crippen molar-refractivity contribution in [3.63, 3.8) is 0 Å². The van der Waals surface area contributed by atoms with E-state index in [4.69, 9.17) is 4.74 Å². The van der Waals surface area contributed by atoms with Crippen molar-refractivity contribution >= 4 is 17.0 Å². The van der Waals surface area contributed by atoms with E-state index in [0.29, 0.717) is 25.0 Å². The summed E-state index contributed by atoms with van der Waals surface area (Å²) in [6.07, 6.45) is 3.64. The minimum atomic E-state index is -0.340. The molecule has 0 aliphatic heterocycles. The summed E-state index contributed by atoms with van der Waals surface area (Å²) < 4.78 is 18.6. The van der Waals surface area contributed by atoms with Gasteiger partial charge in [0, 0.05) is 36.7 Å². The van der Waals surface area contributed by atoms with Crippen LogP contribution in [0.15, 0.2) is 24.4 Å². The molecule has 1 aliphatic rings. The Bertz CT molecular complexity index is 746. The predicted molar refractivity (Wildman–Crippen MR) is 101 cm³/mol. The topological polar surface area (TPSA) is 57.4 Å². The summed E-state index contributed by atoms with van der Waals surface area (Å²) in [6.45, 7) is 7.90. The minimum absolute atomic E-state index is 0.188. The Morgan fingerprint density at radius 2 is 2.27 bits per heavy atom. The van der Waals surface area contributed by atoms with Crippen molar-refractivity contribution in [2.45, 2.75) is 32.6 Å². The Balaban J connectivity index is 1.48. The first-order valence-corrected chi connectivity index (χ1v) is 9.51. The maximum absolute atomic E-state index is 13.6. The number of aromatic amines is 1. The average Bonchev–Trinajstić information content (AvgIpc) is 3.27. The molecule has 0 spiro atoms. The smallest absolute Gasteiger partial charge is 0.407 e. The molecule has 1 saturated carbocycles. The molecule has 0 radical (unpaired) electrons. The highest BCUT2D eigenvalue weighted by atomic mass is 19.1. The molecule has 1 amide bonds. The lowest BCUT2D eigenvalue weighted by Crippen LogP contribution is -2.36. The van der Waals surface area contributed by atoms with Crippen LogP contribution in [0.1, 0.15) is 38.2 Å². The van der Waals surface area contributed by atoms with E-state index in [1.165, 1.54) is 11.6 Å². The number of rotatable bonds is 9. The number of halogens is 1. The van der Waals surface area contributed by atoms with E-state index in [9.17, 15) is 9.18 Å². The molecular formula is C20H28FN3O2. The van der Waals surface area contributed by atoms with E-state index < -0.39 is 0 Å². The van der Waals surface area contributed by atoms with Crippen LogP contribution >= 0.6 is 0 Å². The summed E-state index contributed by atoms with van der Waals surface area (Å²) in [7, 11) is 0. The Hall–Kier alpha value is -2.08. The van der Waals surface area contributed by atoms with Gasteiger partial charge in [0.15, 0.2) is 0 Å². The van der Waals surface area contributed by atoms with E-state index in [1.54, 1.807) is 12.1 Å². The highest BCUT2D eigenvalue weighted by Gasteiger charge is 2.40. The van der Waals surface area contributed by atoms with Gasteiger partial charge in [-0.3, -0.25) is 0 Å². The molecule has 142 valence electrons. The zero-order chi connectivity index (χ0) is 18.5. The summed E-state index contributed by atoms with van der Waals surface area (Å²) in [5, 5.41) is 3.80. The van der Waals surface area contributed by atoms with Crippen LogP contribution in [0.5, 0.6) is 0 Å². The van der Waals surface area contributed by atoms with E-state index in [1.807, 2.05) is 13.1 Å². The molecule has 1 aromatic carbocycles. The summed E-state index contributed by atoms with van der Waals surface area (Å²) in [5.41, 5.74) is 2.22. The first-order valence-electron chi connectivity index (χ1n) is 9.51. The predicted octanol–water partition coefficient (Wildman–Crippen LogP) is 3.87. The number of ether oxygens (including phenoxy) is 1. The highest BCUT2D eigenvalue weighted by molar-refractivity contribution is 5.84. The molecule has 2 atom stereocenters. The van der Waals surface area contributed by atoms with Crippen LogP contribution in [0.25, 0.3) is 10.9 Å². The van der Waals surface area contributed by atoms with Gasteiger partial charge in [0.2, 0.25) is 0 Å². The van der Waals surface area contributed by atoms with Crippen molar-refractivity contribution in [2.75, 3.05) is 32.8 Å². The van der Waals surface area contributed by atoms with Gasteiger partial charge in [0.1, 0.15) is 5.82 Å². The summed E-state index contributed by atoms with van der Waals surface area (Å²) in [4.78, 5) is 17.1. The molecule has 2 unspecified atom stereocenters. The zero-order valence-corrected chi connectivity index (χ0v) is 15.6. The average molecular weight is 361 g/mol. The first kappa shape index (κ1) is 18.7. The van der Waals surface area contributed by atoms with Gasteiger partial charge in [-0.05, 0) is 55.0 Å². The fourth-order valence-corrected chi connectivity index (χ4v) is 3.52. The van der Waals surface area contributed by atoms with Gasteiger partial charge < -0.3 is 19.9 Å². The third-order valence-corrected chi connectivity index (χ3v) is 5.07. The van der Waals surface area contributed by atoms with Crippen molar-refractivity contribution in [1.29, 1.82) is 0 Å². The Kier molecular flexibility index (Phi) is 6.14. The number of fused-ring (bicyclic) bond motifs is 1. The molecule has 1 aliphatic carbocycles. The first-order chi connectivity index (χ1) is 12.6.